The largest absolute Gasteiger partial charge is 0.348 e. The summed E-state index contributed by atoms with van der Waals surface area (Å²) in [6.45, 7) is 1.85. The molecule has 1 unspecified atom stereocenters. The zero-order valence-corrected chi connectivity index (χ0v) is 13.8. The van der Waals surface area contributed by atoms with Crippen LogP contribution < -0.4 is 10.6 Å². The van der Waals surface area contributed by atoms with Crippen LogP contribution in [0.1, 0.15) is 28.9 Å². The van der Waals surface area contributed by atoms with Gasteiger partial charge in [0.2, 0.25) is 5.91 Å². The lowest BCUT2D eigenvalue weighted by Crippen LogP contribution is -2.38. The van der Waals surface area contributed by atoms with Crippen molar-refractivity contribution in [2.75, 3.05) is 6.54 Å². The van der Waals surface area contributed by atoms with Gasteiger partial charge in [0.15, 0.2) is 0 Å². The molecule has 0 aliphatic rings. The van der Waals surface area contributed by atoms with Crippen molar-refractivity contribution in [3.05, 3.63) is 70.2 Å². The number of hydrogen-bond acceptors (Lipinski definition) is 2. The predicted molar refractivity (Wildman–Crippen MR) is 89.5 cm³/mol. The van der Waals surface area contributed by atoms with Gasteiger partial charge < -0.3 is 10.6 Å². The molecule has 2 rings (SSSR count). The van der Waals surface area contributed by atoms with E-state index in [1.54, 1.807) is 24.3 Å². The highest BCUT2D eigenvalue weighted by molar-refractivity contribution is 9.10. The smallest absolute Gasteiger partial charge is 0.251 e. The second-order valence-corrected chi connectivity index (χ2v) is 5.71. The topological polar surface area (TPSA) is 58.2 Å². The minimum absolute atomic E-state index is 0.0531. The van der Waals surface area contributed by atoms with Crippen LogP contribution in [0.3, 0.4) is 0 Å². The minimum Gasteiger partial charge on any atom is -0.348 e. The summed E-state index contributed by atoms with van der Waals surface area (Å²) in [4.78, 5) is 23.8. The molecule has 5 heteroatoms. The molecule has 0 bridgehead atoms. The van der Waals surface area contributed by atoms with E-state index in [9.17, 15) is 9.59 Å². The molecule has 0 saturated carbocycles. The Bertz CT molecular complexity index is 659. The molecule has 0 radical (unpaired) electrons. The number of amides is 2. The molecule has 0 spiro atoms. The maximum atomic E-state index is 11.9. The Labute approximate surface area is 138 Å². The number of hydrogen-bond donors (Lipinski definition) is 2. The van der Waals surface area contributed by atoms with Crippen molar-refractivity contribution in [2.24, 2.45) is 0 Å². The molecule has 22 heavy (non-hydrogen) atoms. The van der Waals surface area contributed by atoms with Gasteiger partial charge in [-0.3, -0.25) is 9.59 Å². The van der Waals surface area contributed by atoms with Crippen LogP contribution in [0.2, 0.25) is 0 Å². The first-order valence-corrected chi connectivity index (χ1v) is 7.74. The van der Waals surface area contributed by atoms with Crippen LogP contribution in [0, 0.1) is 0 Å². The number of halogens is 1. The highest BCUT2D eigenvalue weighted by Gasteiger charge is 2.13. The van der Waals surface area contributed by atoms with Gasteiger partial charge in [-0.15, -0.1) is 0 Å². The zero-order chi connectivity index (χ0) is 15.9. The van der Waals surface area contributed by atoms with Crippen molar-refractivity contribution in [1.29, 1.82) is 0 Å². The summed E-state index contributed by atoms with van der Waals surface area (Å²) in [5.41, 5.74) is 1.53. The number of nitrogens with one attached hydrogen (secondary N) is 2. The third-order valence-electron chi connectivity index (χ3n) is 3.19. The first kappa shape index (κ1) is 16.2. The van der Waals surface area contributed by atoms with E-state index in [0.29, 0.717) is 5.56 Å². The molecular weight excluding hydrogens is 344 g/mol. The van der Waals surface area contributed by atoms with Gasteiger partial charge >= 0.3 is 0 Å². The van der Waals surface area contributed by atoms with Crippen molar-refractivity contribution >= 4 is 27.7 Å². The van der Waals surface area contributed by atoms with Gasteiger partial charge in [-0.1, -0.05) is 52.3 Å². The lowest BCUT2D eigenvalue weighted by Gasteiger charge is -2.16. The number of benzene rings is 2. The fourth-order valence-corrected chi connectivity index (χ4v) is 2.68. The Kier molecular flexibility index (Phi) is 5.72. The quantitative estimate of drug-likeness (QED) is 0.860. The molecule has 2 aromatic rings. The molecule has 2 aromatic carbocycles. The van der Waals surface area contributed by atoms with E-state index >= 15 is 0 Å². The molecule has 2 N–H and O–H groups in total. The van der Waals surface area contributed by atoms with E-state index in [1.807, 2.05) is 37.3 Å². The Hall–Kier alpha value is -2.14. The summed E-state index contributed by atoms with van der Waals surface area (Å²) in [7, 11) is 0. The van der Waals surface area contributed by atoms with Crippen LogP contribution in [0.4, 0.5) is 0 Å². The van der Waals surface area contributed by atoms with Crippen molar-refractivity contribution in [1.82, 2.24) is 10.6 Å². The Morgan fingerprint density at radius 3 is 2.36 bits per heavy atom. The second-order valence-electron chi connectivity index (χ2n) is 4.86. The summed E-state index contributed by atoms with van der Waals surface area (Å²) in [5, 5.41) is 5.47. The van der Waals surface area contributed by atoms with Crippen LogP contribution in [-0.4, -0.2) is 18.4 Å². The molecule has 0 aliphatic heterocycles. The zero-order valence-electron chi connectivity index (χ0n) is 12.2. The van der Waals surface area contributed by atoms with Crippen LogP contribution in [0.25, 0.3) is 0 Å². The summed E-state index contributed by atoms with van der Waals surface area (Å²) in [6, 6.07) is 16.4. The molecule has 114 valence electrons. The molecule has 0 saturated heterocycles. The number of carbonyl (C=O) groups excluding carboxylic acids is 2. The van der Waals surface area contributed by atoms with Crippen LogP contribution in [-0.2, 0) is 4.79 Å². The van der Waals surface area contributed by atoms with E-state index in [-0.39, 0.29) is 24.4 Å². The summed E-state index contributed by atoms with van der Waals surface area (Å²) in [6.07, 6.45) is 0. The van der Waals surface area contributed by atoms with Gasteiger partial charge in [-0.05, 0) is 30.7 Å². The second kappa shape index (κ2) is 7.75. The third-order valence-corrected chi connectivity index (χ3v) is 3.92. The summed E-state index contributed by atoms with van der Waals surface area (Å²) >= 11 is 3.46. The molecule has 0 heterocycles. The molecule has 0 aromatic heterocycles. The minimum atomic E-state index is -0.260. The molecule has 0 aliphatic carbocycles. The van der Waals surface area contributed by atoms with Crippen molar-refractivity contribution in [3.8, 4) is 0 Å². The van der Waals surface area contributed by atoms with Crippen molar-refractivity contribution in [2.45, 2.75) is 13.0 Å². The molecule has 1 atom stereocenters. The van der Waals surface area contributed by atoms with E-state index < -0.39 is 0 Å². The first-order chi connectivity index (χ1) is 10.6. The summed E-state index contributed by atoms with van der Waals surface area (Å²) < 4.78 is 0.941. The molecule has 2 amide bonds. The maximum absolute atomic E-state index is 11.9. The van der Waals surface area contributed by atoms with E-state index in [4.69, 9.17) is 0 Å². The third kappa shape index (κ3) is 4.43. The maximum Gasteiger partial charge on any atom is 0.251 e. The van der Waals surface area contributed by atoms with Crippen LogP contribution in [0.5, 0.6) is 0 Å². The number of rotatable bonds is 5. The number of carbonyl (C=O) groups is 2. The Morgan fingerprint density at radius 2 is 1.68 bits per heavy atom. The average molecular weight is 361 g/mol. The molecular formula is C17H17BrN2O2. The fourth-order valence-electron chi connectivity index (χ4n) is 2.05. The molecule has 0 fully saturated rings. The SMILES string of the molecule is CC(NC(=O)CNC(=O)c1ccccc1)c1ccccc1Br. The summed E-state index contributed by atoms with van der Waals surface area (Å²) in [5.74, 6) is -0.489. The lowest BCUT2D eigenvalue weighted by atomic mass is 10.1. The van der Waals surface area contributed by atoms with E-state index in [2.05, 4.69) is 26.6 Å². The van der Waals surface area contributed by atoms with Gasteiger partial charge in [0, 0.05) is 10.0 Å². The monoisotopic (exact) mass is 360 g/mol. The standard InChI is InChI=1S/C17H17BrN2O2/c1-12(14-9-5-6-10-15(14)18)20-16(21)11-19-17(22)13-7-3-2-4-8-13/h2-10,12H,11H2,1H3,(H,19,22)(H,20,21). The van der Waals surface area contributed by atoms with Gasteiger partial charge in [-0.25, -0.2) is 0 Å². The first-order valence-electron chi connectivity index (χ1n) is 6.95. The van der Waals surface area contributed by atoms with Crippen LogP contribution in [0.15, 0.2) is 59.1 Å². The van der Waals surface area contributed by atoms with Gasteiger partial charge in [0.05, 0.1) is 12.6 Å². The average Bonchev–Trinajstić information content (AvgIpc) is 2.53. The predicted octanol–water partition coefficient (Wildman–Crippen LogP) is 3.06. The lowest BCUT2D eigenvalue weighted by molar-refractivity contribution is -0.120. The highest BCUT2D eigenvalue weighted by atomic mass is 79.9. The van der Waals surface area contributed by atoms with Gasteiger partial charge in [-0.2, -0.15) is 0 Å². The Morgan fingerprint density at radius 1 is 1.05 bits per heavy atom. The van der Waals surface area contributed by atoms with Crippen molar-refractivity contribution in [3.63, 3.8) is 0 Å². The normalized spacial score (nSPS) is 11.5. The van der Waals surface area contributed by atoms with Crippen LogP contribution >= 0.6 is 15.9 Å². The Balaban J connectivity index is 1.86. The fraction of sp³-hybridized carbons (Fsp3) is 0.176. The van der Waals surface area contributed by atoms with Crippen molar-refractivity contribution < 1.29 is 9.59 Å². The van der Waals surface area contributed by atoms with E-state index in [0.717, 1.165) is 10.0 Å². The van der Waals surface area contributed by atoms with Gasteiger partial charge in [0.25, 0.3) is 5.91 Å². The molecule has 4 nitrogen and oxygen atoms in total. The van der Waals surface area contributed by atoms with E-state index in [1.165, 1.54) is 0 Å². The highest BCUT2D eigenvalue weighted by Crippen LogP contribution is 2.22. The van der Waals surface area contributed by atoms with Gasteiger partial charge in [0.1, 0.15) is 0 Å².